The third-order valence-corrected chi connectivity index (χ3v) is 3.29. The second-order valence-electron chi connectivity index (χ2n) is 4.83. The zero-order chi connectivity index (χ0) is 11.4. The fourth-order valence-electron chi connectivity index (χ4n) is 1.80. The molecule has 0 fully saturated rings. The first-order chi connectivity index (χ1) is 7.08. The molecule has 0 saturated carbocycles. The van der Waals surface area contributed by atoms with Crippen LogP contribution >= 0.6 is 0 Å². The van der Waals surface area contributed by atoms with E-state index in [4.69, 9.17) is 0 Å². The van der Waals surface area contributed by atoms with Gasteiger partial charge in [0.05, 0.1) is 0 Å². The Labute approximate surface area is 94.7 Å². The molecule has 0 N–H and O–H groups in total. The second-order valence-corrected chi connectivity index (χ2v) is 4.83. The average Bonchev–Trinajstić information content (AvgIpc) is 2.27. The zero-order valence-corrected chi connectivity index (χ0v) is 10.8. The molecule has 0 bridgehead atoms. The van der Waals surface area contributed by atoms with E-state index in [0.717, 1.165) is 6.42 Å². The van der Waals surface area contributed by atoms with Crippen LogP contribution in [0.3, 0.4) is 0 Å². The quantitative estimate of drug-likeness (QED) is 0.655. The second kappa shape index (κ2) is 5.34. The third-order valence-electron chi connectivity index (χ3n) is 3.29. The van der Waals surface area contributed by atoms with Crippen LogP contribution in [0.1, 0.15) is 69.6 Å². The van der Waals surface area contributed by atoms with Gasteiger partial charge in [0.1, 0.15) is 0 Å². The Morgan fingerprint density at radius 2 is 1.53 bits per heavy atom. The lowest BCUT2D eigenvalue weighted by Gasteiger charge is -2.15. The monoisotopic (exact) mass is 204 g/mol. The van der Waals surface area contributed by atoms with Crippen LogP contribution in [0.15, 0.2) is 18.2 Å². The van der Waals surface area contributed by atoms with Crippen LogP contribution in [0, 0.1) is 0 Å². The molecule has 0 heterocycles. The SMILES string of the molecule is CCc1cc(C(C)C)cc(C(C)CC)c1. The largest absolute Gasteiger partial charge is 0.0648 e. The van der Waals surface area contributed by atoms with Crippen molar-refractivity contribution < 1.29 is 0 Å². The molecular weight excluding hydrogens is 180 g/mol. The first-order valence-electron chi connectivity index (χ1n) is 6.22. The highest BCUT2D eigenvalue weighted by atomic mass is 14.1. The maximum absolute atomic E-state index is 2.39. The minimum Gasteiger partial charge on any atom is -0.0648 e. The van der Waals surface area contributed by atoms with Crippen LogP contribution in [0.4, 0.5) is 0 Å². The van der Waals surface area contributed by atoms with Gasteiger partial charge in [0.2, 0.25) is 0 Å². The van der Waals surface area contributed by atoms with Crippen LogP contribution in [0.5, 0.6) is 0 Å². The predicted molar refractivity (Wildman–Crippen MR) is 68.6 cm³/mol. The lowest BCUT2D eigenvalue weighted by molar-refractivity contribution is 0.727. The van der Waals surface area contributed by atoms with Gasteiger partial charge in [0, 0.05) is 0 Å². The van der Waals surface area contributed by atoms with Gasteiger partial charge < -0.3 is 0 Å². The number of rotatable bonds is 4. The summed E-state index contributed by atoms with van der Waals surface area (Å²) in [4.78, 5) is 0. The molecule has 15 heavy (non-hydrogen) atoms. The molecule has 0 aliphatic rings. The normalized spacial score (nSPS) is 13.2. The third kappa shape index (κ3) is 3.09. The summed E-state index contributed by atoms with van der Waals surface area (Å²) in [7, 11) is 0. The van der Waals surface area contributed by atoms with Crippen molar-refractivity contribution in [2.75, 3.05) is 0 Å². The van der Waals surface area contributed by atoms with Gasteiger partial charge >= 0.3 is 0 Å². The molecule has 0 heteroatoms. The molecule has 0 aliphatic carbocycles. The Morgan fingerprint density at radius 3 is 2.00 bits per heavy atom. The smallest absolute Gasteiger partial charge is 0.0193 e. The lowest BCUT2D eigenvalue weighted by atomic mass is 9.91. The molecule has 0 aliphatic heterocycles. The van der Waals surface area contributed by atoms with Gasteiger partial charge in [-0.05, 0) is 41.4 Å². The molecule has 1 aromatic rings. The van der Waals surface area contributed by atoms with E-state index in [2.05, 4.69) is 52.8 Å². The zero-order valence-electron chi connectivity index (χ0n) is 10.8. The van der Waals surface area contributed by atoms with Crippen molar-refractivity contribution in [3.8, 4) is 0 Å². The Balaban J connectivity index is 3.11. The molecule has 1 atom stereocenters. The number of benzene rings is 1. The van der Waals surface area contributed by atoms with Crippen molar-refractivity contribution in [1.82, 2.24) is 0 Å². The van der Waals surface area contributed by atoms with E-state index < -0.39 is 0 Å². The first-order valence-corrected chi connectivity index (χ1v) is 6.22. The van der Waals surface area contributed by atoms with E-state index >= 15 is 0 Å². The number of hydrogen-bond acceptors (Lipinski definition) is 0. The Morgan fingerprint density at radius 1 is 0.933 bits per heavy atom. The van der Waals surface area contributed by atoms with Gasteiger partial charge in [-0.25, -0.2) is 0 Å². The van der Waals surface area contributed by atoms with Crippen molar-refractivity contribution in [1.29, 1.82) is 0 Å². The van der Waals surface area contributed by atoms with E-state index in [9.17, 15) is 0 Å². The van der Waals surface area contributed by atoms with Crippen LogP contribution < -0.4 is 0 Å². The van der Waals surface area contributed by atoms with Gasteiger partial charge in [-0.2, -0.15) is 0 Å². The molecule has 1 aromatic carbocycles. The summed E-state index contributed by atoms with van der Waals surface area (Å²) in [5.41, 5.74) is 4.49. The molecular formula is C15H24. The highest BCUT2D eigenvalue weighted by Crippen LogP contribution is 2.25. The van der Waals surface area contributed by atoms with E-state index in [1.165, 1.54) is 23.1 Å². The minimum atomic E-state index is 0.638. The summed E-state index contributed by atoms with van der Waals surface area (Å²) >= 11 is 0. The maximum atomic E-state index is 2.39. The highest BCUT2D eigenvalue weighted by Gasteiger charge is 2.07. The minimum absolute atomic E-state index is 0.638. The summed E-state index contributed by atoms with van der Waals surface area (Å²) in [6.45, 7) is 11.4. The van der Waals surface area contributed by atoms with Crippen LogP contribution in [0.25, 0.3) is 0 Å². The molecule has 84 valence electrons. The first kappa shape index (κ1) is 12.3. The fraction of sp³-hybridized carbons (Fsp3) is 0.600. The molecule has 0 spiro atoms. The summed E-state index contributed by atoms with van der Waals surface area (Å²) in [6.07, 6.45) is 2.37. The lowest BCUT2D eigenvalue weighted by Crippen LogP contribution is -1.97. The average molecular weight is 204 g/mol. The molecule has 0 nitrogen and oxygen atoms in total. The standard InChI is InChI=1S/C15H24/c1-6-12(5)15-9-13(7-2)8-14(10-15)11(3)4/h8-12H,6-7H2,1-5H3. The Kier molecular flexibility index (Phi) is 4.38. The number of hydrogen-bond donors (Lipinski definition) is 0. The van der Waals surface area contributed by atoms with E-state index in [1.54, 1.807) is 0 Å². The van der Waals surface area contributed by atoms with E-state index in [-0.39, 0.29) is 0 Å². The van der Waals surface area contributed by atoms with Gasteiger partial charge in [0.25, 0.3) is 0 Å². The molecule has 1 rings (SSSR count). The van der Waals surface area contributed by atoms with Crippen LogP contribution in [-0.4, -0.2) is 0 Å². The van der Waals surface area contributed by atoms with Gasteiger partial charge in [-0.3, -0.25) is 0 Å². The maximum Gasteiger partial charge on any atom is -0.0193 e. The summed E-state index contributed by atoms with van der Waals surface area (Å²) in [5.74, 6) is 1.33. The molecule has 0 aromatic heterocycles. The van der Waals surface area contributed by atoms with Crippen molar-refractivity contribution in [3.63, 3.8) is 0 Å². The topological polar surface area (TPSA) is 0 Å². The van der Waals surface area contributed by atoms with Crippen LogP contribution in [0.2, 0.25) is 0 Å². The molecule has 1 unspecified atom stereocenters. The van der Waals surface area contributed by atoms with E-state index in [0.29, 0.717) is 11.8 Å². The predicted octanol–water partition coefficient (Wildman–Crippen LogP) is 4.89. The summed E-state index contributed by atoms with van der Waals surface area (Å²) in [5, 5.41) is 0. The van der Waals surface area contributed by atoms with Crippen molar-refractivity contribution in [2.24, 2.45) is 0 Å². The van der Waals surface area contributed by atoms with Gasteiger partial charge in [-0.1, -0.05) is 52.8 Å². The number of aryl methyl sites for hydroxylation is 1. The molecule has 0 radical (unpaired) electrons. The van der Waals surface area contributed by atoms with Crippen molar-refractivity contribution in [3.05, 3.63) is 34.9 Å². The Bertz CT molecular complexity index is 310. The fourth-order valence-corrected chi connectivity index (χ4v) is 1.80. The molecule has 0 amide bonds. The van der Waals surface area contributed by atoms with Gasteiger partial charge in [0.15, 0.2) is 0 Å². The highest BCUT2D eigenvalue weighted by molar-refractivity contribution is 5.33. The molecule has 0 saturated heterocycles. The van der Waals surface area contributed by atoms with Gasteiger partial charge in [-0.15, -0.1) is 0 Å². The Hall–Kier alpha value is -0.780. The van der Waals surface area contributed by atoms with Crippen LogP contribution in [-0.2, 0) is 6.42 Å². The van der Waals surface area contributed by atoms with E-state index in [1.807, 2.05) is 0 Å². The van der Waals surface area contributed by atoms with Crippen molar-refractivity contribution >= 4 is 0 Å². The summed E-state index contributed by atoms with van der Waals surface area (Å²) < 4.78 is 0. The van der Waals surface area contributed by atoms with Crippen molar-refractivity contribution in [2.45, 2.75) is 59.3 Å². The summed E-state index contributed by atoms with van der Waals surface area (Å²) in [6, 6.07) is 7.12.